The molecule has 0 radical (unpaired) electrons. The van der Waals surface area contributed by atoms with Crippen molar-refractivity contribution < 1.29 is 4.74 Å². The minimum absolute atomic E-state index is 0.0557. The van der Waals surface area contributed by atoms with Crippen molar-refractivity contribution in [1.29, 1.82) is 0 Å². The number of rotatable bonds is 4. The Labute approximate surface area is 98.9 Å². The molecule has 2 atom stereocenters. The summed E-state index contributed by atoms with van der Waals surface area (Å²) >= 11 is 5.90. The summed E-state index contributed by atoms with van der Waals surface area (Å²) in [6.45, 7) is 10.8. The van der Waals surface area contributed by atoms with Crippen LogP contribution in [0.5, 0.6) is 0 Å². The van der Waals surface area contributed by atoms with Crippen LogP contribution in [0.4, 0.5) is 0 Å². The molecular formula is C12H24ClNO. The third-order valence-electron chi connectivity index (χ3n) is 3.01. The fraction of sp³-hybridized carbons (Fsp3) is 1.00. The van der Waals surface area contributed by atoms with Gasteiger partial charge in [-0.25, -0.2) is 0 Å². The highest BCUT2D eigenvalue weighted by atomic mass is 35.5. The van der Waals surface area contributed by atoms with Crippen molar-refractivity contribution in [2.45, 2.75) is 58.3 Å². The standard InChI is InChI=1S/C12H24ClNO/c1-5-6-10(2)14-8-11(7-13)15-12(3,4)9-14/h10-11H,5-9H2,1-4H3. The Bertz CT molecular complexity index is 196. The molecule has 0 aromatic carbocycles. The molecule has 0 saturated carbocycles. The first-order valence-electron chi connectivity index (χ1n) is 5.96. The molecule has 3 heteroatoms. The molecule has 0 aliphatic carbocycles. The first-order valence-corrected chi connectivity index (χ1v) is 6.50. The zero-order valence-electron chi connectivity index (χ0n) is 10.4. The summed E-state index contributed by atoms with van der Waals surface area (Å²) in [6, 6.07) is 0.642. The maximum Gasteiger partial charge on any atom is 0.0845 e. The second kappa shape index (κ2) is 5.51. The molecule has 0 aromatic heterocycles. The highest BCUT2D eigenvalue weighted by molar-refractivity contribution is 6.18. The minimum atomic E-state index is -0.0557. The van der Waals surface area contributed by atoms with E-state index in [-0.39, 0.29) is 11.7 Å². The Morgan fingerprint density at radius 3 is 2.73 bits per heavy atom. The van der Waals surface area contributed by atoms with Crippen molar-refractivity contribution in [3.8, 4) is 0 Å². The Morgan fingerprint density at radius 1 is 1.53 bits per heavy atom. The second-order valence-electron chi connectivity index (χ2n) is 5.22. The summed E-state index contributed by atoms with van der Waals surface area (Å²) in [5.74, 6) is 0.596. The van der Waals surface area contributed by atoms with Crippen molar-refractivity contribution in [3.05, 3.63) is 0 Å². The molecule has 2 nitrogen and oxygen atoms in total. The van der Waals surface area contributed by atoms with Crippen molar-refractivity contribution in [1.82, 2.24) is 4.90 Å². The lowest BCUT2D eigenvalue weighted by molar-refractivity contribution is -0.135. The molecule has 0 spiro atoms. The van der Waals surface area contributed by atoms with Gasteiger partial charge < -0.3 is 4.74 Å². The zero-order chi connectivity index (χ0) is 11.5. The van der Waals surface area contributed by atoms with Gasteiger partial charge in [0.2, 0.25) is 0 Å². The van der Waals surface area contributed by atoms with Crippen LogP contribution in [-0.2, 0) is 4.74 Å². The quantitative estimate of drug-likeness (QED) is 0.693. The number of alkyl halides is 1. The summed E-state index contributed by atoms with van der Waals surface area (Å²) in [4.78, 5) is 2.51. The van der Waals surface area contributed by atoms with Crippen LogP contribution in [0.15, 0.2) is 0 Å². The molecule has 1 aliphatic rings. The van der Waals surface area contributed by atoms with Gasteiger partial charge in [-0.1, -0.05) is 13.3 Å². The van der Waals surface area contributed by atoms with Gasteiger partial charge in [0.05, 0.1) is 11.7 Å². The lowest BCUT2D eigenvalue weighted by Crippen LogP contribution is -2.55. The molecule has 1 fully saturated rings. The average molecular weight is 234 g/mol. The number of hydrogen-bond acceptors (Lipinski definition) is 2. The third-order valence-corrected chi connectivity index (χ3v) is 3.35. The van der Waals surface area contributed by atoms with E-state index in [1.165, 1.54) is 12.8 Å². The summed E-state index contributed by atoms with van der Waals surface area (Å²) in [5, 5.41) is 0. The largest absolute Gasteiger partial charge is 0.368 e. The topological polar surface area (TPSA) is 12.5 Å². The summed E-state index contributed by atoms with van der Waals surface area (Å²) < 4.78 is 5.91. The zero-order valence-corrected chi connectivity index (χ0v) is 11.2. The number of ether oxygens (including phenoxy) is 1. The van der Waals surface area contributed by atoms with E-state index in [1.807, 2.05) is 0 Å². The van der Waals surface area contributed by atoms with Crippen LogP contribution in [-0.4, -0.2) is 41.6 Å². The van der Waals surface area contributed by atoms with Crippen LogP contribution < -0.4 is 0 Å². The van der Waals surface area contributed by atoms with Gasteiger partial charge in [-0.05, 0) is 27.2 Å². The third kappa shape index (κ3) is 3.93. The minimum Gasteiger partial charge on any atom is -0.368 e. The Hall–Kier alpha value is 0.210. The van der Waals surface area contributed by atoms with Gasteiger partial charge in [-0.3, -0.25) is 4.90 Å². The van der Waals surface area contributed by atoms with Crippen molar-refractivity contribution >= 4 is 11.6 Å². The number of hydrogen-bond donors (Lipinski definition) is 0. The van der Waals surface area contributed by atoms with Gasteiger partial charge in [0.25, 0.3) is 0 Å². The second-order valence-corrected chi connectivity index (χ2v) is 5.53. The molecule has 15 heavy (non-hydrogen) atoms. The van der Waals surface area contributed by atoms with Crippen molar-refractivity contribution in [2.24, 2.45) is 0 Å². The van der Waals surface area contributed by atoms with E-state index < -0.39 is 0 Å². The predicted octanol–water partition coefficient (Wildman–Crippen LogP) is 2.89. The normalized spacial score (nSPS) is 29.0. The van der Waals surface area contributed by atoms with Crippen LogP contribution in [0.3, 0.4) is 0 Å². The smallest absolute Gasteiger partial charge is 0.0845 e. The molecular weight excluding hydrogens is 210 g/mol. The van der Waals surface area contributed by atoms with E-state index in [9.17, 15) is 0 Å². The van der Waals surface area contributed by atoms with Gasteiger partial charge in [0.15, 0.2) is 0 Å². The molecule has 0 N–H and O–H groups in total. The van der Waals surface area contributed by atoms with Crippen LogP contribution in [0.1, 0.15) is 40.5 Å². The molecule has 2 unspecified atom stereocenters. The molecule has 90 valence electrons. The number of halogens is 1. The van der Waals surface area contributed by atoms with Crippen molar-refractivity contribution in [2.75, 3.05) is 19.0 Å². The fourth-order valence-corrected chi connectivity index (χ4v) is 2.52. The van der Waals surface area contributed by atoms with Gasteiger partial charge in [-0.2, -0.15) is 0 Å². The molecule has 0 bridgehead atoms. The van der Waals surface area contributed by atoms with Crippen LogP contribution >= 0.6 is 11.6 Å². The Balaban J connectivity index is 2.57. The van der Waals surface area contributed by atoms with Gasteiger partial charge in [-0.15, -0.1) is 11.6 Å². The maximum atomic E-state index is 5.91. The van der Waals surface area contributed by atoms with E-state index in [4.69, 9.17) is 16.3 Å². The van der Waals surface area contributed by atoms with E-state index in [0.717, 1.165) is 13.1 Å². The fourth-order valence-electron chi connectivity index (χ4n) is 2.36. The Kier molecular flexibility index (Phi) is 4.88. The lowest BCUT2D eigenvalue weighted by Gasteiger charge is -2.44. The maximum absolute atomic E-state index is 5.91. The average Bonchev–Trinajstić information content (AvgIpc) is 2.15. The highest BCUT2D eigenvalue weighted by Crippen LogP contribution is 2.24. The number of nitrogens with zero attached hydrogens (tertiary/aromatic N) is 1. The summed E-state index contributed by atoms with van der Waals surface area (Å²) in [6.07, 6.45) is 2.69. The molecule has 1 saturated heterocycles. The summed E-state index contributed by atoms with van der Waals surface area (Å²) in [5.41, 5.74) is -0.0557. The van der Waals surface area contributed by atoms with E-state index in [0.29, 0.717) is 11.9 Å². The molecule has 0 amide bonds. The number of morpholine rings is 1. The SMILES string of the molecule is CCCC(C)N1CC(CCl)OC(C)(C)C1. The molecule has 1 heterocycles. The molecule has 0 aromatic rings. The van der Waals surface area contributed by atoms with Crippen LogP contribution in [0.25, 0.3) is 0 Å². The first kappa shape index (κ1) is 13.3. The van der Waals surface area contributed by atoms with E-state index >= 15 is 0 Å². The first-order chi connectivity index (χ1) is 6.98. The lowest BCUT2D eigenvalue weighted by atomic mass is 10.0. The van der Waals surface area contributed by atoms with E-state index in [2.05, 4.69) is 32.6 Å². The highest BCUT2D eigenvalue weighted by Gasteiger charge is 2.34. The van der Waals surface area contributed by atoms with Gasteiger partial charge >= 0.3 is 0 Å². The Morgan fingerprint density at radius 2 is 2.20 bits per heavy atom. The predicted molar refractivity (Wildman–Crippen MR) is 65.6 cm³/mol. The molecule has 1 aliphatic heterocycles. The van der Waals surface area contributed by atoms with Gasteiger partial charge in [0.1, 0.15) is 0 Å². The van der Waals surface area contributed by atoms with Crippen LogP contribution in [0, 0.1) is 0 Å². The van der Waals surface area contributed by atoms with Gasteiger partial charge in [0, 0.05) is 25.0 Å². The molecule has 1 rings (SSSR count). The monoisotopic (exact) mass is 233 g/mol. The van der Waals surface area contributed by atoms with Crippen molar-refractivity contribution in [3.63, 3.8) is 0 Å². The van der Waals surface area contributed by atoms with E-state index in [1.54, 1.807) is 0 Å². The van der Waals surface area contributed by atoms with Crippen LogP contribution in [0.2, 0.25) is 0 Å². The summed E-state index contributed by atoms with van der Waals surface area (Å²) in [7, 11) is 0.